The van der Waals surface area contributed by atoms with E-state index in [0.29, 0.717) is 13.2 Å². The van der Waals surface area contributed by atoms with Crippen molar-refractivity contribution in [2.75, 3.05) is 38.3 Å². The molecule has 4 heterocycles. The van der Waals surface area contributed by atoms with Gasteiger partial charge in [-0.05, 0) is 43.5 Å². The molecule has 5 rings (SSSR count). The minimum atomic E-state index is -0.961. The number of para-hydroxylation sites is 1. The first-order valence-corrected chi connectivity index (χ1v) is 11.8. The van der Waals surface area contributed by atoms with Gasteiger partial charge in [0, 0.05) is 43.9 Å². The summed E-state index contributed by atoms with van der Waals surface area (Å²) in [7, 11) is 1.65. The molecular weight excluding hydrogens is 446 g/mol. The maximum absolute atomic E-state index is 11.0. The highest BCUT2D eigenvalue weighted by atomic mass is 16.5. The molecule has 0 atom stereocenters. The lowest BCUT2D eigenvalue weighted by molar-refractivity contribution is 0.146. The summed E-state index contributed by atoms with van der Waals surface area (Å²) >= 11 is 0. The van der Waals surface area contributed by atoms with Crippen LogP contribution in [0, 0.1) is 6.92 Å². The van der Waals surface area contributed by atoms with E-state index >= 15 is 0 Å². The van der Waals surface area contributed by atoms with Crippen molar-refractivity contribution in [3.05, 3.63) is 54.4 Å². The third-order valence-electron chi connectivity index (χ3n) is 6.49. The van der Waals surface area contributed by atoms with Crippen LogP contribution in [0.1, 0.15) is 18.4 Å². The Morgan fingerprint density at radius 1 is 1.20 bits per heavy atom. The Balaban J connectivity index is 1.47. The van der Waals surface area contributed by atoms with Crippen molar-refractivity contribution in [2.24, 2.45) is 0 Å². The molecule has 182 valence electrons. The fourth-order valence-corrected chi connectivity index (χ4v) is 4.71. The van der Waals surface area contributed by atoms with Gasteiger partial charge in [-0.3, -0.25) is 4.40 Å². The van der Waals surface area contributed by atoms with Crippen molar-refractivity contribution in [3.63, 3.8) is 0 Å². The van der Waals surface area contributed by atoms with E-state index in [0.717, 1.165) is 70.9 Å². The van der Waals surface area contributed by atoms with Gasteiger partial charge in [0.15, 0.2) is 0 Å². The standard InChI is InChI=1S/C26H29N5O4/c1-17-14-21(23-16-27-24-15-19(8-11-31(23)24)35-13-12-34-2)29-25-20(17)4-3-5-22(25)30-9-6-18(7-10-30)28-26(32)33/h3-5,8,11,14-16,18,28H,6-7,9-10,12-13H2,1-2H3,(H,32,33). The number of hydrogen-bond donors (Lipinski definition) is 2. The van der Waals surface area contributed by atoms with Gasteiger partial charge in [-0.2, -0.15) is 0 Å². The number of benzene rings is 1. The molecule has 0 aliphatic carbocycles. The zero-order chi connectivity index (χ0) is 24.4. The maximum Gasteiger partial charge on any atom is 0.404 e. The Morgan fingerprint density at radius 2 is 2.03 bits per heavy atom. The predicted octanol–water partition coefficient (Wildman–Crippen LogP) is 4.12. The van der Waals surface area contributed by atoms with Gasteiger partial charge in [0.2, 0.25) is 0 Å². The molecule has 4 aromatic rings. The summed E-state index contributed by atoms with van der Waals surface area (Å²) < 4.78 is 12.8. The number of carboxylic acid groups (broad SMARTS) is 1. The van der Waals surface area contributed by atoms with Gasteiger partial charge >= 0.3 is 6.09 Å². The minimum absolute atomic E-state index is 0.00879. The predicted molar refractivity (Wildman–Crippen MR) is 134 cm³/mol. The van der Waals surface area contributed by atoms with Crippen LogP contribution in [0.25, 0.3) is 27.9 Å². The van der Waals surface area contributed by atoms with Crippen LogP contribution >= 0.6 is 0 Å². The summed E-state index contributed by atoms with van der Waals surface area (Å²) in [4.78, 5) is 23.0. The minimum Gasteiger partial charge on any atom is -0.491 e. The molecule has 2 N–H and O–H groups in total. The van der Waals surface area contributed by atoms with E-state index in [9.17, 15) is 4.79 Å². The highest BCUT2D eigenvalue weighted by molar-refractivity contribution is 5.94. The van der Waals surface area contributed by atoms with Crippen LogP contribution in [-0.2, 0) is 4.74 Å². The van der Waals surface area contributed by atoms with E-state index in [2.05, 4.69) is 46.4 Å². The molecule has 0 spiro atoms. The average molecular weight is 476 g/mol. The Hall–Kier alpha value is -3.85. The number of aromatic nitrogens is 3. The number of ether oxygens (including phenoxy) is 2. The van der Waals surface area contributed by atoms with Crippen molar-refractivity contribution < 1.29 is 19.4 Å². The lowest BCUT2D eigenvalue weighted by Gasteiger charge is -2.34. The van der Waals surface area contributed by atoms with Crippen LogP contribution in [0.4, 0.5) is 10.5 Å². The van der Waals surface area contributed by atoms with Gasteiger partial charge in [0.05, 0.1) is 35.4 Å². The molecule has 1 aromatic carbocycles. The number of aryl methyl sites for hydroxylation is 1. The van der Waals surface area contributed by atoms with Crippen LogP contribution in [0.2, 0.25) is 0 Å². The van der Waals surface area contributed by atoms with Gasteiger partial charge in [0.1, 0.15) is 18.0 Å². The Bertz CT molecular complexity index is 1360. The third kappa shape index (κ3) is 4.72. The van der Waals surface area contributed by atoms with E-state index in [1.54, 1.807) is 7.11 Å². The molecule has 9 heteroatoms. The fraction of sp³-hybridized carbons (Fsp3) is 0.346. The Labute approximate surface area is 203 Å². The normalized spacial score (nSPS) is 14.5. The molecular formula is C26H29N5O4. The maximum atomic E-state index is 11.0. The number of fused-ring (bicyclic) bond motifs is 2. The van der Waals surface area contributed by atoms with Crippen LogP contribution in [0.15, 0.2) is 48.8 Å². The summed E-state index contributed by atoms with van der Waals surface area (Å²) in [6, 6.07) is 12.2. The van der Waals surface area contributed by atoms with E-state index in [4.69, 9.17) is 19.6 Å². The van der Waals surface area contributed by atoms with E-state index < -0.39 is 6.09 Å². The summed E-state index contributed by atoms with van der Waals surface area (Å²) in [5.41, 5.74) is 5.71. The van der Waals surface area contributed by atoms with Crippen molar-refractivity contribution in [1.29, 1.82) is 0 Å². The molecule has 1 aliphatic rings. The smallest absolute Gasteiger partial charge is 0.404 e. The number of piperidine rings is 1. The third-order valence-corrected chi connectivity index (χ3v) is 6.49. The molecule has 9 nitrogen and oxygen atoms in total. The lowest BCUT2D eigenvalue weighted by atomic mass is 10.0. The van der Waals surface area contributed by atoms with Crippen LogP contribution in [-0.4, -0.2) is 65.0 Å². The van der Waals surface area contributed by atoms with Gasteiger partial charge in [-0.25, -0.2) is 14.8 Å². The number of nitrogens with one attached hydrogen (secondary N) is 1. The zero-order valence-corrected chi connectivity index (χ0v) is 19.9. The van der Waals surface area contributed by atoms with Gasteiger partial charge in [-0.15, -0.1) is 0 Å². The fourth-order valence-electron chi connectivity index (χ4n) is 4.71. The molecule has 0 radical (unpaired) electrons. The molecule has 1 fully saturated rings. The quantitative estimate of drug-likeness (QED) is 0.388. The first kappa shape index (κ1) is 22.9. The van der Waals surface area contributed by atoms with Crippen molar-refractivity contribution in [1.82, 2.24) is 19.7 Å². The second-order valence-electron chi connectivity index (χ2n) is 8.78. The van der Waals surface area contributed by atoms with E-state index in [1.165, 1.54) is 0 Å². The zero-order valence-electron chi connectivity index (χ0n) is 19.9. The highest BCUT2D eigenvalue weighted by Gasteiger charge is 2.23. The summed E-state index contributed by atoms with van der Waals surface area (Å²) in [6.45, 7) is 4.66. The summed E-state index contributed by atoms with van der Waals surface area (Å²) in [6.07, 6.45) is 4.37. The number of pyridine rings is 2. The number of anilines is 1. The molecule has 0 saturated carbocycles. The van der Waals surface area contributed by atoms with Crippen molar-refractivity contribution >= 4 is 28.3 Å². The van der Waals surface area contributed by atoms with Crippen molar-refractivity contribution in [2.45, 2.75) is 25.8 Å². The number of imidazole rings is 1. The molecule has 0 unspecified atom stereocenters. The highest BCUT2D eigenvalue weighted by Crippen LogP contribution is 2.32. The molecule has 1 amide bonds. The van der Waals surface area contributed by atoms with Crippen LogP contribution in [0.3, 0.4) is 0 Å². The average Bonchev–Trinajstić information content (AvgIpc) is 3.27. The van der Waals surface area contributed by atoms with Crippen LogP contribution in [0.5, 0.6) is 5.75 Å². The second-order valence-corrected chi connectivity index (χ2v) is 8.78. The molecule has 35 heavy (non-hydrogen) atoms. The number of amides is 1. The summed E-state index contributed by atoms with van der Waals surface area (Å²) in [5.74, 6) is 0.748. The topological polar surface area (TPSA) is 101 Å². The molecule has 1 aliphatic heterocycles. The monoisotopic (exact) mass is 475 g/mol. The van der Waals surface area contributed by atoms with E-state index in [1.807, 2.05) is 28.9 Å². The van der Waals surface area contributed by atoms with Crippen molar-refractivity contribution in [3.8, 4) is 17.1 Å². The molecule has 3 aromatic heterocycles. The first-order chi connectivity index (χ1) is 17.0. The van der Waals surface area contributed by atoms with Gasteiger partial charge < -0.3 is 24.8 Å². The summed E-state index contributed by atoms with van der Waals surface area (Å²) in [5, 5.41) is 12.7. The largest absolute Gasteiger partial charge is 0.491 e. The van der Waals surface area contributed by atoms with Crippen LogP contribution < -0.4 is 15.0 Å². The SMILES string of the molecule is COCCOc1ccn2c(-c3cc(C)c4cccc(N5CCC(NC(=O)O)CC5)c4n3)cnc2c1. The molecule has 0 bridgehead atoms. The number of methoxy groups -OCH3 is 1. The lowest BCUT2D eigenvalue weighted by Crippen LogP contribution is -2.44. The van der Waals surface area contributed by atoms with Gasteiger partial charge in [0.25, 0.3) is 0 Å². The van der Waals surface area contributed by atoms with E-state index in [-0.39, 0.29) is 6.04 Å². The van der Waals surface area contributed by atoms with Gasteiger partial charge in [-0.1, -0.05) is 12.1 Å². The number of hydrogen-bond acceptors (Lipinski definition) is 6. The Kier molecular flexibility index (Phi) is 6.41. The first-order valence-electron chi connectivity index (χ1n) is 11.8. The molecule has 1 saturated heterocycles. The number of rotatable bonds is 7. The number of nitrogens with zero attached hydrogens (tertiary/aromatic N) is 4. The number of carbonyl (C=O) groups is 1. The Morgan fingerprint density at radius 3 is 2.80 bits per heavy atom. The second kappa shape index (κ2) is 9.79.